The summed E-state index contributed by atoms with van der Waals surface area (Å²) in [4.78, 5) is 23.6. The topological polar surface area (TPSA) is 76.0 Å². The second kappa shape index (κ2) is 8.87. The van der Waals surface area contributed by atoms with E-state index < -0.39 is 0 Å². The Bertz CT molecular complexity index is 1070. The van der Waals surface area contributed by atoms with Crippen LogP contribution in [-0.4, -0.2) is 21.6 Å². The molecular formula is C22H21BrN4O2. The second-order valence-corrected chi connectivity index (χ2v) is 7.48. The molecule has 2 N–H and O–H groups in total. The number of carbonyl (C=O) groups excluding carboxylic acids is 2. The van der Waals surface area contributed by atoms with E-state index in [2.05, 4.69) is 31.7 Å². The van der Waals surface area contributed by atoms with Gasteiger partial charge in [-0.25, -0.2) is 0 Å². The molecule has 0 aliphatic carbocycles. The van der Waals surface area contributed by atoms with Crippen molar-refractivity contribution in [2.24, 2.45) is 7.05 Å². The minimum atomic E-state index is -0.253. The third-order valence-corrected chi connectivity index (χ3v) is 4.78. The number of nitrogens with zero attached hydrogens (tertiary/aromatic N) is 2. The first-order chi connectivity index (χ1) is 13.8. The molecule has 1 heterocycles. The van der Waals surface area contributed by atoms with Gasteiger partial charge in [0, 0.05) is 35.8 Å². The zero-order valence-corrected chi connectivity index (χ0v) is 17.9. The van der Waals surface area contributed by atoms with E-state index in [0.717, 1.165) is 26.9 Å². The number of amides is 2. The highest BCUT2D eigenvalue weighted by Crippen LogP contribution is 2.31. The smallest absolute Gasteiger partial charge is 0.249 e. The lowest BCUT2D eigenvalue weighted by Gasteiger charge is -2.08. The SMILES string of the molecule is CC(=O)Nc1ccc(/C=C/C(=O)Nc2c(-c3ccc(Br)cc3)c(C)nn2C)cc1. The van der Waals surface area contributed by atoms with Crippen molar-refractivity contribution in [1.29, 1.82) is 0 Å². The Morgan fingerprint density at radius 1 is 1.03 bits per heavy atom. The van der Waals surface area contributed by atoms with Gasteiger partial charge in [0.05, 0.1) is 5.69 Å². The molecule has 148 valence electrons. The molecule has 0 bridgehead atoms. The zero-order chi connectivity index (χ0) is 21.0. The average Bonchev–Trinajstić information content (AvgIpc) is 2.95. The summed E-state index contributed by atoms with van der Waals surface area (Å²) >= 11 is 3.44. The standard InChI is InChI=1S/C22H21BrN4O2/c1-14-21(17-7-9-18(23)10-8-17)22(27(3)26-14)25-20(29)13-6-16-4-11-19(12-5-16)24-15(2)28/h4-13H,1-3H3,(H,24,28)(H,25,29)/b13-6+. The Kier molecular flexibility index (Phi) is 6.29. The van der Waals surface area contributed by atoms with Crippen molar-refractivity contribution in [2.75, 3.05) is 10.6 Å². The van der Waals surface area contributed by atoms with Crippen LogP contribution in [0.5, 0.6) is 0 Å². The van der Waals surface area contributed by atoms with Crippen LogP contribution in [0.2, 0.25) is 0 Å². The fourth-order valence-electron chi connectivity index (χ4n) is 2.97. The van der Waals surface area contributed by atoms with Crippen molar-refractivity contribution in [3.8, 4) is 11.1 Å². The molecular weight excluding hydrogens is 432 g/mol. The molecule has 0 aliphatic rings. The molecule has 29 heavy (non-hydrogen) atoms. The van der Waals surface area contributed by atoms with E-state index >= 15 is 0 Å². The first-order valence-corrected chi connectivity index (χ1v) is 9.79. The number of hydrogen-bond donors (Lipinski definition) is 2. The molecule has 0 aliphatic heterocycles. The van der Waals surface area contributed by atoms with Gasteiger partial charge in [0.25, 0.3) is 0 Å². The van der Waals surface area contributed by atoms with Gasteiger partial charge in [-0.3, -0.25) is 14.3 Å². The summed E-state index contributed by atoms with van der Waals surface area (Å²) in [5, 5.41) is 10.1. The monoisotopic (exact) mass is 452 g/mol. The number of halogens is 1. The Morgan fingerprint density at radius 2 is 1.69 bits per heavy atom. The summed E-state index contributed by atoms with van der Waals surface area (Å²) in [6, 6.07) is 15.1. The summed E-state index contributed by atoms with van der Waals surface area (Å²) in [5.41, 5.74) is 4.27. The molecule has 6 nitrogen and oxygen atoms in total. The number of aryl methyl sites for hydroxylation is 2. The Labute approximate surface area is 177 Å². The van der Waals surface area contributed by atoms with E-state index in [1.807, 2.05) is 43.3 Å². The van der Waals surface area contributed by atoms with E-state index in [9.17, 15) is 9.59 Å². The van der Waals surface area contributed by atoms with E-state index in [1.165, 1.54) is 13.0 Å². The maximum absolute atomic E-state index is 12.5. The van der Waals surface area contributed by atoms with Gasteiger partial charge in [-0.2, -0.15) is 5.10 Å². The molecule has 3 aromatic rings. The van der Waals surface area contributed by atoms with Crippen LogP contribution in [-0.2, 0) is 16.6 Å². The van der Waals surface area contributed by atoms with Gasteiger partial charge in [0.1, 0.15) is 5.82 Å². The number of benzene rings is 2. The molecule has 0 unspecified atom stereocenters. The van der Waals surface area contributed by atoms with E-state index in [4.69, 9.17) is 0 Å². The molecule has 7 heteroatoms. The Balaban J connectivity index is 1.76. The predicted octanol–water partition coefficient (Wildman–Crippen LogP) is 4.77. The zero-order valence-electron chi connectivity index (χ0n) is 16.4. The summed E-state index contributed by atoms with van der Waals surface area (Å²) in [7, 11) is 1.80. The van der Waals surface area contributed by atoms with Crippen molar-refractivity contribution in [3.63, 3.8) is 0 Å². The first kappa shape index (κ1) is 20.5. The molecule has 0 saturated carbocycles. The van der Waals surface area contributed by atoms with Gasteiger partial charge in [-0.15, -0.1) is 0 Å². The van der Waals surface area contributed by atoms with Crippen LogP contribution in [0.25, 0.3) is 17.2 Å². The van der Waals surface area contributed by atoms with Gasteiger partial charge in [0.15, 0.2) is 0 Å². The van der Waals surface area contributed by atoms with E-state index in [0.29, 0.717) is 11.5 Å². The van der Waals surface area contributed by atoms with Gasteiger partial charge in [-0.05, 0) is 48.4 Å². The molecule has 2 amide bonds. The quantitative estimate of drug-likeness (QED) is 0.547. The molecule has 0 fully saturated rings. The Hall–Kier alpha value is -3.19. The summed E-state index contributed by atoms with van der Waals surface area (Å²) in [5.74, 6) is 0.262. The van der Waals surface area contributed by atoms with Gasteiger partial charge in [-0.1, -0.05) is 40.2 Å². The van der Waals surface area contributed by atoms with E-state index in [-0.39, 0.29) is 11.8 Å². The van der Waals surface area contributed by atoms with Crippen molar-refractivity contribution in [1.82, 2.24) is 9.78 Å². The number of hydrogen-bond acceptors (Lipinski definition) is 3. The normalized spacial score (nSPS) is 10.9. The second-order valence-electron chi connectivity index (χ2n) is 6.57. The van der Waals surface area contributed by atoms with E-state index in [1.54, 1.807) is 29.9 Å². The molecule has 0 radical (unpaired) electrons. The van der Waals surface area contributed by atoms with Crippen molar-refractivity contribution >= 4 is 45.3 Å². The van der Waals surface area contributed by atoms with Crippen LogP contribution in [0, 0.1) is 6.92 Å². The van der Waals surface area contributed by atoms with Crippen LogP contribution in [0.4, 0.5) is 11.5 Å². The number of anilines is 2. The minimum Gasteiger partial charge on any atom is -0.326 e. The molecule has 0 atom stereocenters. The van der Waals surface area contributed by atoms with Crippen molar-refractivity contribution < 1.29 is 9.59 Å². The van der Waals surface area contributed by atoms with Crippen molar-refractivity contribution in [3.05, 3.63) is 70.3 Å². The largest absolute Gasteiger partial charge is 0.326 e. The number of rotatable bonds is 5. The maximum Gasteiger partial charge on any atom is 0.249 e. The first-order valence-electron chi connectivity index (χ1n) is 9.00. The van der Waals surface area contributed by atoms with Crippen LogP contribution in [0.3, 0.4) is 0 Å². The fourth-order valence-corrected chi connectivity index (χ4v) is 3.24. The highest BCUT2D eigenvalue weighted by Gasteiger charge is 2.16. The minimum absolute atomic E-state index is 0.124. The maximum atomic E-state index is 12.5. The van der Waals surface area contributed by atoms with Crippen LogP contribution in [0.1, 0.15) is 18.2 Å². The van der Waals surface area contributed by atoms with Gasteiger partial charge < -0.3 is 10.6 Å². The van der Waals surface area contributed by atoms with Crippen LogP contribution in [0.15, 0.2) is 59.1 Å². The lowest BCUT2D eigenvalue weighted by Crippen LogP contribution is -2.12. The highest BCUT2D eigenvalue weighted by atomic mass is 79.9. The van der Waals surface area contributed by atoms with Crippen LogP contribution < -0.4 is 10.6 Å². The highest BCUT2D eigenvalue weighted by molar-refractivity contribution is 9.10. The Morgan fingerprint density at radius 3 is 2.31 bits per heavy atom. The lowest BCUT2D eigenvalue weighted by molar-refractivity contribution is -0.114. The van der Waals surface area contributed by atoms with Crippen molar-refractivity contribution in [2.45, 2.75) is 13.8 Å². The molecule has 2 aromatic carbocycles. The summed E-state index contributed by atoms with van der Waals surface area (Å²) < 4.78 is 2.65. The van der Waals surface area contributed by atoms with Gasteiger partial charge >= 0.3 is 0 Å². The fraction of sp³-hybridized carbons (Fsp3) is 0.136. The van der Waals surface area contributed by atoms with Gasteiger partial charge in [0.2, 0.25) is 11.8 Å². The number of carbonyl (C=O) groups is 2. The third kappa shape index (κ3) is 5.20. The summed E-state index contributed by atoms with van der Waals surface area (Å²) in [6.45, 7) is 3.38. The predicted molar refractivity (Wildman–Crippen MR) is 119 cm³/mol. The third-order valence-electron chi connectivity index (χ3n) is 4.25. The molecule has 0 spiro atoms. The molecule has 3 rings (SSSR count). The lowest BCUT2D eigenvalue weighted by atomic mass is 10.1. The molecule has 1 aromatic heterocycles. The average molecular weight is 453 g/mol. The number of aromatic nitrogens is 2. The number of nitrogens with one attached hydrogen (secondary N) is 2. The van der Waals surface area contributed by atoms with Crippen LogP contribution >= 0.6 is 15.9 Å². The summed E-state index contributed by atoms with van der Waals surface area (Å²) in [6.07, 6.45) is 3.19. The molecule has 0 saturated heterocycles.